The van der Waals surface area contributed by atoms with Crippen molar-refractivity contribution in [3.8, 4) is 0 Å². The number of halogens is 2. The van der Waals surface area contributed by atoms with Crippen LogP contribution in [0.15, 0.2) is 18.2 Å². The summed E-state index contributed by atoms with van der Waals surface area (Å²) >= 11 is 0.827. The number of esters is 1. The number of amides is 2. The molecular formula is C25H31F2N3O5S. The van der Waals surface area contributed by atoms with Crippen LogP contribution in [-0.4, -0.2) is 49.8 Å². The fourth-order valence-corrected chi connectivity index (χ4v) is 4.78. The first-order valence-corrected chi connectivity index (χ1v) is 12.3. The number of ether oxygens (including phenoxy) is 1. The molecule has 0 saturated carbocycles. The maximum Gasteiger partial charge on any atom is 0.339 e. The quantitative estimate of drug-likeness (QED) is 0.236. The van der Waals surface area contributed by atoms with Crippen molar-refractivity contribution in [2.45, 2.75) is 46.1 Å². The van der Waals surface area contributed by atoms with Gasteiger partial charge in [0.1, 0.15) is 0 Å². The second-order valence-corrected chi connectivity index (χ2v) is 9.59. The Balaban J connectivity index is 2.28. The maximum atomic E-state index is 13.8. The number of thiophene rings is 1. The normalized spacial score (nSPS) is 12.7. The lowest BCUT2D eigenvalue weighted by atomic mass is 9.90. The molecule has 0 radical (unpaired) electrons. The molecule has 0 fully saturated rings. The molecule has 1 aromatic heterocycles. The van der Waals surface area contributed by atoms with Crippen LogP contribution in [0.1, 0.15) is 73.9 Å². The van der Waals surface area contributed by atoms with Gasteiger partial charge in [0.25, 0.3) is 5.91 Å². The summed E-state index contributed by atoms with van der Waals surface area (Å²) < 4.78 is 32.1. The number of nitrogens with two attached hydrogens (primary N) is 1. The van der Waals surface area contributed by atoms with E-state index in [1.54, 1.807) is 6.92 Å². The van der Waals surface area contributed by atoms with E-state index in [9.17, 15) is 28.0 Å². The van der Waals surface area contributed by atoms with E-state index in [-0.39, 0.29) is 57.8 Å². The highest BCUT2D eigenvalue weighted by Crippen LogP contribution is 2.34. The molecule has 0 spiro atoms. The number of methoxy groups -OCH3 is 1. The monoisotopic (exact) mass is 523 g/mol. The smallest absolute Gasteiger partial charge is 0.339 e. The Hall–Kier alpha value is -3.18. The molecular weight excluding hydrogens is 492 g/mol. The van der Waals surface area contributed by atoms with Crippen molar-refractivity contribution in [2.24, 2.45) is 11.7 Å². The Labute approximate surface area is 212 Å². The van der Waals surface area contributed by atoms with Gasteiger partial charge in [-0.2, -0.15) is 0 Å². The zero-order valence-corrected chi connectivity index (χ0v) is 21.7. The predicted octanol–water partition coefficient (Wildman–Crippen LogP) is 3.33. The van der Waals surface area contributed by atoms with Gasteiger partial charge in [-0.05, 0) is 42.5 Å². The molecule has 36 heavy (non-hydrogen) atoms. The minimum Gasteiger partial charge on any atom is -0.465 e. The lowest BCUT2D eigenvalue weighted by Crippen LogP contribution is -2.46. The van der Waals surface area contributed by atoms with E-state index in [4.69, 9.17) is 10.5 Å². The van der Waals surface area contributed by atoms with Crippen LogP contribution in [0.5, 0.6) is 0 Å². The molecule has 4 N–H and O–H groups in total. The number of carbonyl (C=O) groups is 4. The van der Waals surface area contributed by atoms with Crippen molar-refractivity contribution in [3.63, 3.8) is 0 Å². The summed E-state index contributed by atoms with van der Waals surface area (Å²) in [5.74, 6) is -5.20. The van der Waals surface area contributed by atoms with Crippen LogP contribution in [-0.2, 0) is 9.53 Å². The Morgan fingerprint density at radius 1 is 1.06 bits per heavy atom. The van der Waals surface area contributed by atoms with Crippen LogP contribution in [0.25, 0.3) is 0 Å². The molecule has 8 nitrogen and oxygen atoms in total. The molecule has 1 aromatic carbocycles. The number of carbonyl (C=O) groups excluding carboxylic acids is 4. The highest BCUT2D eigenvalue weighted by Gasteiger charge is 2.32. The maximum absolute atomic E-state index is 13.8. The first kappa shape index (κ1) is 29.1. The molecule has 0 aliphatic carbocycles. The minimum absolute atomic E-state index is 0.00251. The van der Waals surface area contributed by atoms with Gasteiger partial charge < -0.3 is 21.1 Å². The minimum atomic E-state index is -1.09. The Kier molecular flexibility index (Phi) is 10.2. The Morgan fingerprint density at radius 3 is 2.25 bits per heavy atom. The number of rotatable bonds is 11. The zero-order chi connectivity index (χ0) is 27.2. The number of benzene rings is 1. The van der Waals surface area contributed by atoms with Gasteiger partial charge in [-0.1, -0.05) is 26.8 Å². The van der Waals surface area contributed by atoms with E-state index in [1.807, 2.05) is 13.8 Å². The van der Waals surface area contributed by atoms with Crippen LogP contribution in [0.3, 0.4) is 0 Å². The van der Waals surface area contributed by atoms with E-state index in [0.717, 1.165) is 30.6 Å². The largest absolute Gasteiger partial charge is 0.465 e. The number of hydrogen-bond acceptors (Lipinski definition) is 7. The van der Waals surface area contributed by atoms with E-state index < -0.39 is 41.3 Å². The molecule has 0 saturated heterocycles. The molecule has 11 heteroatoms. The van der Waals surface area contributed by atoms with Gasteiger partial charge in [0.15, 0.2) is 17.4 Å². The van der Waals surface area contributed by atoms with Gasteiger partial charge in [0.2, 0.25) is 5.91 Å². The van der Waals surface area contributed by atoms with Gasteiger partial charge in [0, 0.05) is 19.0 Å². The van der Waals surface area contributed by atoms with Crippen LogP contribution >= 0.6 is 11.3 Å². The summed E-state index contributed by atoms with van der Waals surface area (Å²) in [4.78, 5) is 50.9. The van der Waals surface area contributed by atoms with Crippen molar-refractivity contribution in [2.75, 3.05) is 20.2 Å². The fourth-order valence-electron chi connectivity index (χ4n) is 3.57. The molecule has 196 valence electrons. The van der Waals surface area contributed by atoms with Crippen LogP contribution in [0, 0.1) is 24.5 Å². The molecule has 1 heterocycles. The standard InChI is InChI=1S/C25H31F2N3O5S/c1-6-15(14-7-8-16(26)17(27)11-14)20(31)22-18(25(34)35-5)13(4)21(36-22)24(33)30-10-9-29-23(32)19(28)12(2)3/h7-8,11-12,15,19H,6,9-10,28H2,1-5H3,(H,29,32)(H,30,33)/t15?,19-/m0/s1. The number of nitrogens with one attached hydrogen (secondary N) is 2. The summed E-state index contributed by atoms with van der Waals surface area (Å²) in [5.41, 5.74) is 6.25. The molecule has 0 aliphatic heterocycles. The van der Waals surface area contributed by atoms with Crippen molar-refractivity contribution < 1.29 is 32.7 Å². The molecule has 2 aromatic rings. The van der Waals surface area contributed by atoms with Crippen molar-refractivity contribution >= 4 is 34.9 Å². The first-order chi connectivity index (χ1) is 16.9. The van der Waals surface area contributed by atoms with Gasteiger partial charge >= 0.3 is 5.97 Å². The van der Waals surface area contributed by atoms with Crippen molar-refractivity contribution in [3.05, 3.63) is 56.3 Å². The predicted molar refractivity (Wildman–Crippen MR) is 132 cm³/mol. The van der Waals surface area contributed by atoms with Gasteiger partial charge in [-0.25, -0.2) is 13.6 Å². The zero-order valence-electron chi connectivity index (χ0n) is 20.9. The van der Waals surface area contributed by atoms with E-state index >= 15 is 0 Å². The third kappa shape index (κ3) is 6.52. The number of ketones is 1. The van der Waals surface area contributed by atoms with E-state index in [2.05, 4.69) is 10.6 Å². The topological polar surface area (TPSA) is 128 Å². The second-order valence-electron chi connectivity index (χ2n) is 8.57. The van der Waals surface area contributed by atoms with Crippen LogP contribution in [0.4, 0.5) is 8.78 Å². The summed E-state index contributed by atoms with van der Waals surface area (Å²) in [5, 5.41) is 5.29. The summed E-state index contributed by atoms with van der Waals surface area (Å²) in [6.45, 7) is 7.10. The molecule has 0 bridgehead atoms. The van der Waals surface area contributed by atoms with Crippen LogP contribution < -0.4 is 16.4 Å². The average molecular weight is 524 g/mol. The van der Waals surface area contributed by atoms with Gasteiger partial charge in [-0.15, -0.1) is 11.3 Å². The van der Waals surface area contributed by atoms with Crippen molar-refractivity contribution in [1.82, 2.24) is 10.6 Å². The highest BCUT2D eigenvalue weighted by molar-refractivity contribution is 7.16. The fraction of sp³-hybridized carbons (Fsp3) is 0.440. The van der Waals surface area contributed by atoms with Crippen LogP contribution in [0.2, 0.25) is 0 Å². The average Bonchev–Trinajstić information content (AvgIpc) is 3.20. The molecule has 2 atom stereocenters. The first-order valence-electron chi connectivity index (χ1n) is 11.5. The second kappa shape index (κ2) is 12.7. The lowest BCUT2D eigenvalue weighted by molar-refractivity contribution is -0.123. The number of hydrogen-bond donors (Lipinski definition) is 3. The molecule has 1 unspecified atom stereocenters. The van der Waals surface area contributed by atoms with Gasteiger partial charge in [0.05, 0.1) is 28.5 Å². The SMILES string of the molecule is CCC(C(=O)c1sc(C(=O)NCCNC(=O)[C@@H](N)C(C)C)c(C)c1C(=O)OC)c1ccc(F)c(F)c1. The molecule has 2 rings (SSSR count). The van der Waals surface area contributed by atoms with Crippen molar-refractivity contribution in [1.29, 1.82) is 0 Å². The summed E-state index contributed by atoms with van der Waals surface area (Å²) in [6.07, 6.45) is 0.251. The third-order valence-electron chi connectivity index (χ3n) is 5.77. The Bertz CT molecular complexity index is 1150. The molecule has 0 aliphatic rings. The Morgan fingerprint density at radius 2 is 1.69 bits per heavy atom. The van der Waals surface area contributed by atoms with E-state index in [0.29, 0.717) is 0 Å². The van der Waals surface area contributed by atoms with Gasteiger partial charge in [-0.3, -0.25) is 14.4 Å². The lowest BCUT2D eigenvalue weighted by Gasteiger charge is -2.15. The summed E-state index contributed by atoms with van der Waals surface area (Å²) in [7, 11) is 1.16. The number of Topliss-reactive ketones (excluding diaryl/α,β-unsaturated/α-hetero) is 1. The molecule has 2 amide bonds. The summed E-state index contributed by atoms with van der Waals surface area (Å²) in [6, 6.07) is 2.54. The third-order valence-corrected chi connectivity index (χ3v) is 7.07. The highest BCUT2D eigenvalue weighted by atomic mass is 32.1. The van der Waals surface area contributed by atoms with E-state index in [1.165, 1.54) is 13.0 Å².